The first-order valence-electron chi connectivity index (χ1n) is 5.98. The van der Waals surface area contributed by atoms with Gasteiger partial charge in [-0.3, -0.25) is 4.79 Å². The summed E-state index contributed by atoms with van der Waals surface area (Å²) in [4.78, 5) is 18.0. The fraction of sp³-hybridized carbons (Fsp3) is 0.500. The maximum atomic E-state index is 11.9. The lowest BCUT2D eigenvalue weighted by Crippen LogP contribution is -2.33. The van der Waals surface area contributed by atoms with Crippen LogP contribution in [-0.4, -0.2) is 42.0 Å². The van der Waals surface area contributed by atoms with Crippen LogP contribution in [0.15, 0.2) is 12.3 Å². The number of carbonyl (C=O) groups is 1. The maximum Gasteiger partial charge on any atom is 0.253 e. The number of hydrogen-bond donors (Lipinski definition) is 1. The molecule has 4 nitrogen and oxygen atoms in total. The summed E-state index contributed by atoms with van der Waals surface area (Å²) in [5.74, 6) is -0.205. The molecule has 1 aliphatic heterocycles. The van der Waals surface area contributed by atoms with Gasteiger partial charge in [-0.1, -0.05) is 23.2 Å². The third-order valence-corrected chi connectivity index (χ3v) is 3.49. The second kappa shape index (κ2) is 6.36. The van der Waals surface area contributed by atoms with Crippen molar-refractivity contribution in [2.24, 2.45) is 0 Å². The van der Waals surface area contributed by atoms with E-state index in [0.29, 0.717) is 17.1 Å². The Bertz CT molecular complexity index is 433. The molecule has 6 heteroatoms. The molecule has 0 spiro atoms. The van der Waals surface area contributed by atoms with Crippen molar-refractivity contribution in [3.8, 4) is 0 Å². The number of aromatic nitrogens is 1. The van der Waals surface area contributed by atoms with Gasteiger partial charge >= 0.3 is 0 Å². The first kappa shape index (κ1) is 13.6. The zero-order valence-corrected chi connectivity index (χ0v) is 11.5. The number of nitrogens with zero attached hydrogens (tertiary/aromatic N) is 2. The van der Waals surface area contributed by atoms with Crippen molar-refractivity contribution in [2.45, 2.75) is 12.8 Å². The molecule has 1 fully saturated rings. The lowest BCUT2D eigenvalue weighted by molar-refractivity contribution is 0.0950. The Morgan fingerprint density at radius 3 is 2.83 bits per heavy atom. The molecule has 0 aliphatic carbocycles. The van der Waals surface area contributed by atoms with Gasteiger partial charge in [0, 0.05) is 19.3 Å². The lowest BCUT2D eigenvalue weighted by atomic mass is 10.2. The zero-order chi connectivity index (χ0) is 13.0. The monoisotopic (exact) mass is 287 g/mol. The Morgan fingerprint density at radius 1 is 1.39 bits per heavy atom. The summed E-state index contributed by atoms with van der Waals surface area (Å²) in [5.41, 5.74) is 0.373. The summed E-state index contributed by atoms with van der Waals surface area (Å²) in [7, 11) is 0. The highest BCUT2D eigenvalue weighted by Crippen LogP contribution is 2.17. The molecule has 1 saturated heterocycles. The zero-order valence-electron chi connectivity index (χ0n) is 9.96. The quantitative estimate of drug-likeness (QED) is 0.864. The number of halogens is 2. The summed E-state index contributed by atoms with van der Waals surface area (Å²) in [6, 6.07) is 1.48. The van der Waals surface area contributed by atoms with Crippen molar-refractivity contribution in [2.75, 3.05) is 26.2 Å². The molecule has 18 heavy (non-hydrogen) atoms. The molecular formula is C12H15Cl2N3O. The third kappa shape index (κ3) is 3.57. The van der Waals surface area contributed by atoms with Crippen LogP contribution in [-0.2, 0) is 0 Å². The number of hydrogen-bond acceptors (Lipinski definition) is 3. The Hall–Kier alpha value is -0.840. The number of rotatable bonds is 4. The summed E-state index contributed by atoms with van der Waals surface area (Å²) in [5, 5.41) is 3.43. The lowest BCUT2D eigenvalue weighted by Gasteiger charge is -2.14. The van der Waals surface area contributed by atoms with E-state index in [1.807, 2.05) is 0 Å². The van der Waals surface area contributed by atoms with E-state index in [0.717, 1.165) is 19.6 Å². The van der Waals surface area contributed by atoms with Crippen LogP contribution in [0.2, 0.25) is 10.2 Å². The van der Waals surface area contributed by atoms with Crippen molar-refractivity contribution >= 4 is 29.1 Å². The predicted molar refractivity (Wildman–Crippen MR) is 72.3 cm³/mol. The molecule has 1 aliphatic rings. The summed E-state index contributed by atoms with van der Waals surface area (Å²) >= 11 is 11.6. The Morgan fingerprint density at radius 2 is 2.11 bits per heavy atom. The van der Waals surface area contributed by atoms with Crippen LogP contribution < -0.4 is 5.32 Å². The van der Waals surface area contributed by atoms with Gasteiger partial charge in [0.05, 0.1) is 10.6 Å². The molecular weight excluding hydrogens is 273 g/mol. The van der Waals surface area contributed by atoms with Crippen molar-refractivity contribution in [3.05, 3.63) is 28.0 Å². The highest BCUT2D eigenvalue weighted by molar-refractivity contribution is 6.35. The Labute approximate surface area is 116 Å². The van der Waals surface area contributed by atoms with Gasteiger partial charge < -0.3 is 10.2 Å². The molecule has 0 aromatic carbocycles. The first-order chi connectivity index (χ1) is 8.66. The van der Waals surface area contributed by atoms with Gasteiger partial charge in [0.1, 0.15) is 5.15 Å². The molecule has 0 saturated carbocycles. The normalized spacial score (nSPS) is 15.9. The standard InChI is InChI=1S/C12H15Cl2N3O/c13-10-8-16-11(14)7-9(10)12(18)15-3-6-17-4-1-2-5-17/h7-8H,1-6H2,(H,15,18). The van der Waals surface area contributed by atoms with Crippen molar-refractivity contribution in [3.63, 3.8) is 0 Å². The van der Waals surface area contributed by atoms with E-state index >= 15 is 0 Å². The highest BCUT2D eigenvalue weighted by Gasteiger charge is 2.13. The number of likely N-dealkylation sites (tertiary alicyclic amines) is 1. The second-order valence-electron chi connectivity index (χ2n) is 4.29. The van der Waals surface area contributed by atoms with Crippen molar-refractivity contribution < 1.29 is 4.79 Å². The average molecular weight is 288 g/mol. The predicted octanol–water partition coefficient (Wildman–Crippen LogP) is 2.21. The van der Waals surface area contributed by atoms with E-state index in [1.54, 1.807) is 0 Å². The fourth-order valence-corrected chi connectivity index (χ4v) is 2.36. The topological polar surface area (TPSA) is 45.2 Å². The molecule has 98 valence electrons. The summed E-state index contributed by atoms with van der Waals surface area (Å²) in [6.45, 7) is 3.74. The van der Waals surface area contributed by atoms with Crippen LogP contribution in [0.4, 0.5) is 0 Å². The SMILES string of the molecule is O=C(NCCN1CCCC1)c1cc(Cl)ncc1Cl. The van der Waals surface area contributed by atoms with Crippen molar-refractivity contribution in [1.29, 1.82) is 0 Å². The number of amides is 1. The molecule has 2 heterocycles. The van der Waals surface area contributed by atoms with Crippen LogP contribution in [0.5, 0.6) is 0 Å². The first-order valence-corrected chi connectivity index (χ1v) is 6.74. The van der Waals surface area contributed by atoms with E-state index in [-0.39, 0.29) is 11.1 Å². The molecule has 1 aromatic rings. The van der Waals surface area contributed by atoms with E-state index in [2.05, 4.69) is 15.2 Å². The Kier molecular flexibility index (Phi) is 4.80. The summed E-state index contributed by atoms with van der Waals surface area (Å²) < 4.78 is 0. The number of nitrogens with one attached hydrogen (secondary N) is 1. The van der Waals surface area contributed by atoms with Gasteiger partial charge in [-0.25, -0.2) is 4.98 Å². The van der Waals surface area contributed by atoms with Gasteiger partial charge in [-0.2, -0.15) is 0 Å². The molecule has 0 radical (unpaired) electrons. The van der Waals surface area contributed by atoms with Gasteiger partial charge in [0.2, 0.25) is 0 Å². The Balaban J connectivity index is 1.85. The van der Waals surface area contributed by atoms with Gasteiger partial charge in [0.25, 0.3) is 5.91 Å². The van der Waals surface area contributed by atoms with Crippen molar-refractivity contribution in [1.82, 2.24) is 15.2 Å². The molecule has 0 unspecified atom stereocenters. The van der Waals surface area contributed by atoms with Gasteiger partial charge in [0.15, 0.2) is 0 Å². The minimum atomic E-state index is -0.205. The van der Waals surface area contributed by atoms with E-state index in [1.165, 1.54) is 25.1 Å². The average Bonchev–Trinajstić information content (AvgIpc) is 2.85. The van der Waals surface area contributed by atoms with Crippen LogP contribution in [0.1, 0.15) is 23.2 Å². The smallest absolute Gasteiger partial charge is 0.253 e. The van der Waals surface area contributed by atoms with Gasteiger partial charge in [-0.15, -0.1) is 0 Å². The summed E-state index contributed by atoms with van der Waals surface area (Å²) in [6.07, 6.45) is 3.89. The van der Waals surface area contributed by atoms with Crippen LogP contribution in [0.3, 0.4) is 0 Å². The molecule has 0 bridgehead atoms. The minimum Gasteiger partial charge on any atom is -0.351 e. The van der Waals surface area contributed by atoms with Crippen LogP contribution in [0.25, 0.3) is 0 Å². The van der Waals surface area contributed by atoms with Crippen LogP contribution in [0, 0.1) is 0 Å². The molecule has 1 amide bonds. The fourth-order valence-electron chi connectivity index (χ4n) is 2.02. The minimum absolute atomic E-state index is 0.205. The van der Waals surface area contributed by atoms with E-state index in [9.17, 15) is 4.79 Å². The third-order valence-electron chi connectivity index (χ3n) is 2.98. The number of carbonyl (C=O) groups excluding carboxylic acids is 1. The largest absolute Gasteiger partial charge is 0.351 e. The van der Waals surface area contributed by atoms with Crippen LogP contribution >= 0.6 is 23.2 Å². The molecule has 2 rings (SSSR count). The highest BCUT2D eigenvalue weighted by atomic mass is 35.5. The molecule has 1 aromatic heterocycles. The molecule has 1 N–H and O–H groups in total. The molecule has 0 atom stereocenters. The van der Waals surface area contributed by atoms with E-state index < -0.39 is 0 Å². The van der Waals surface area contributed by atoms with Gasteiger partial charge in [-0.05, 0) is 32.0 Å². The maximum absolute atomic E-state index is 11.9. The van der Waals surface area contributed by atoms with E-state index in [4.69, 9.17) is 23.2 Å². The number of pyridine rings is 1. The second-order valence-corrected chi connectivity index (χ2v) is 5.09.